The van der Waals surface area contributed by atoms with E-state index < -0.39 is 0 Å². The molecule has 0 spiro atoms. The normalized spacial score (nSPS) is 33.0. The first kappa shape index (κ1) is 9.22. The molecule has 0 aromatic carbocycles. The highest BCUT2D eigenvalue weighted by Crippen LogP contribution is 2.38. The lowest BCUT2D eigenvalue weighted by atomic mass is 9.67. The molecule has 1 aromatic heterocycles. The van der Waals surface area contributed by atoms with E-state index >= 15 is 0 Å². The van der Waals surface area contributed by atoms with Crippen molar-refractivity contribution in [3.8, 4) is 0 Å². The Morgan fingerprint density at radius 1 is 1.62 bits per heavy atom. The van der Waals surface area contributed by atoms with Gasteiger partial charge < -0.3 is 5.73 Å². The van der Waals surface area contributed by atoms with E-state index in [2.05, 4.69) is 25.3 Å². The summed E-state index contributed by atoms with van der Waals surface area (Å²) in [6.07, 6.45) is 3.46. The Labute approximate surface area is 84.0 Å². The molecule has 0 radical (unpaired) electrons. The Morgan fingerprint density at radius 2 is 2.31 bits per heavy atom. The molecule has 0 unspecified atom stereocenters. The van der Waals surface area contributed by atoms with Gasteiger partial charge in [-0.15, -0.1) is 11.3 Å². The number of hydrogen-bond donors (Lipinski definition) is 1. The molecule has 0 bridgehead atoms. The minimum absolute atomic E-state index is 0.118. The highest BCUT2D eigenvalue weighted by Gasteiger charge is 2.38. The molecule has 2 N–H and O–H groups in total. The maximum absolute atomic E-state index is 6.24. The van der Waals surface area contributed by atoms with Gasteiger partial charge >= 0.3 is 0 Å². The number of thiophene rings is 1. The van der Waals surface area contributed by atoms with Gasteiger partial charge in [0.1, 0.15) is 0 Å². The topological polar surface area (TPSA) is 26.0 Å². The van der Waals surface area contributed by atoms with E-state index in [9.17, 15) is 0 Å². The fraction of sp³-hybridized carbons (Fsp3) is 0.636. The Kier molecular flexibility index (Phi) is 2.20. The molecular formula is C11H17NS. The second-order valence-corrected chi connectivity index (χ2v) is 5.73. The molecule has 1 aliphatic rings. The second-order valence-electron chi connectivity index (χ2n) is 4.62. The van der Waals surface area contributed by atoms with Crippen molar-refractivity contribution in [3.63, 3.8) is 0 Å². The van der Waals surface area contributed by atoms with Crippen molar-refractivity contribution in [2.24, 2.45) is 11.7 Å². The summed E-state index contributed by atoms with van der Waals surface area (Å²) in [4.78, 5) is 1.39. The number of rotatable bonds is 2. The quantitative estimate of drug-likeness (QED) is 0.771. The molecule has 2 heteroatoms. The average Bonchev–Trinajstić information content (AvgIpc) is 2.32. The van der Waals surface area contributed by atoms with Gasteiger partial charge in [0.05, 0.1) is 0 Å². The standard InChI is InChI=1S/C11H17NS/c1-8-4-11(12,5-8)6-10-3-9(2)13-7-10/h3,7-8H,4-6,12H2,1-2H3. The van der Waals surface area contributed by atoms with Crippen molar-refractivity contribution in [2.75, 3.05) is 0 Å². The first-order valence-corrected chi connectivity index (χ1v) is 5.78. The zero-order valence-corrected chi connectivity index (χ0v) is 9.16. The van der Waals surface area contributed by atoms with Crippen LogP contribution in [0.4, 0.5) is 0 Å². The highest BCUT2D eigenvalue weighted by atomic mass is 32.1. The van der Waals surface area contributed by atoms with Crippen LogP contribution in [0.2, 0.25) is 0 Å². The van der Waals surface area contributed by atoms with Crippen molar-refractivity contribution < 1.29 is 0 Å². The van der Waals surface area contributed by atoms with Crippen LogP contribution in [-0.4, -0.2) is 5.54 Å². The van der Waals surface area contributed by atoms with Crippen molar-refractivity contribution in [3.05, 3.63) is 21.9 Å². The molecule has 1 aliphatic carbocycles. The van der Waals surface area contributed by atoms with E-state index in [1.807, 2.05) is 11.3 Å². The minimum atomic E-state index is 0.118. The largest absolute Gasteiger partial charge is 0.325 e. The van der Waals surface area contributed by atoms with E-state index in [1.165, 1.54) is 23.3 Å². The molecule has 0 saturated heterocycles. The molecule has 0 aliphatic heterocycles. The minimum Gasteiger partial charge on any atom is -0.325 e. The van der Waals surface area contributed by atoms with Crippen LogP contribution in [0.25, 0.3) is 0 Å². The van der Waals surface area contributed by atoms with Crippen LogP contribution in [0.5, 0.6) is 0 Å². The third-order valence-electron chi connectivity index (χ3n) is 2.85. The lowest BCUT2D eigenvalue weighted by Crippen LogP contribution is -2.52. The maximum atomic E-state index is 6.24. The molecule has 72 valence electrons. The number of hydrogen-bond acceptors (Lipinski definition) is 2. The zero-order chi connectivity index (χ0) is 9.47. The van der Waals surface area contributed by atoms with Crippen molar-refractivity contribution in [1.82, 2.24) is 0 Å². The summed E-state index contributed by atoms with van der Waals surface area (Å²) in [7, 11) is 0. The molecule has 2 rings (SSSR count). The van der Waals surface area contributed by atoms with Gasteiger partial charge in [-0.3, -0.25) is 0 Å². The van der Waals surface area contributed by atoms with Gasteiger partial charge in [0.25, 0.3) is 0 Å². The van der Waals surface area contributed by atoms with Crippen LogP contribution in [-0.2, 0) is 6.42 Å². The van der Waals surface area contributed by atoms with Gasteiger partial charge in [-0.1, -0.05) is 6.92 Å². The maximum Gasteiger partial charge on any atom is 0.0200 e. The number of aryl methyl sites for hydroxylation is 1. The van der Waals surface area contributed by atoms with E-state index in [-0.39, 0.29) is 5.54 Å². The third kappa shape index (κ3) is 1.94. The first-order valence-electron chi connectivity index (χ1n) is 4.90. The lowest BCUT2D eigenvalue weighted by molar-refractivity contribution is 0.163. The van der Waals surface area contributed by atoms with Gasteiger partial charge in [-0.2, -0.15) is 0 Å². The third-order valence-corrected chi connectivity index (χ3v) is 3.76. The zero-order valence-electron chi connectivity index (χ0n) is 8.34. The van der Waals surface area contributed by atoms with Crippen LogP contribution in [0, 0.1) is 12.8 Å². The smallest absolute Gasteiger partial charge is 0.0200 e. The SMILES string of the molecule is Cc1cc(CC2(N)CC(C)C2)cs1. The van der Waals surface area contributed by atoms with Crippen LogP contribution >= 0.6 is 11.3 Å². The van der Waals surface area contributed by atoms with Crippen LogP contribution in [0.15, 0.2) is 11.4 Å². The molecule has 1 heterocycles. The average molecular weight is 195 g/mol. The van der Waals surface area contributed by atoms with Gasteiger partial charge in [0.2, 0.25) is 0 Å². The highest BCUT2D eigenvalue weighted by molar-refractivity contribution is 7.10. The molecule has 1 saturated carbocycles. The summed E-state index contributed by atoms with van der Waals surface area (Å²) in [5, 5.41) is 2.24. The van der Waals surface area contributed by atoms with Gasteiger partial charge in [-0.05, 0) is 49.1 Å². The molecular weight excluding hydrogens is 178 g/mol. The van der Waals surface area contributed by atoms with Gasteiger partial charge in [0, 0.05) is 10.4 Å². The van der Waals surface area contributed by atoms with E-state index in [1.54, 1.807) is 0 Å². The number of nitrogens with two attached hydrogens (primary N) is 1. The fourth-order valence-electron chi connectivity index (χ4n) is 2.47. The van der Waals surface area contributed by atoms with E-state index in [0.29, 0.717) is 0 Å². The molecule has 0 atom stereocenters. The van der Waals surface area contributed by atoms with Crippen molar-refractivity contribution >= 4 is 11.3 Å². The summed E-state index contributed by atoms with van der Waals surface area (Å²) < 4.78 is 0. The van der Waals surface area contributed by atoms with E-state index in [0.717, 1.165) is 12.3 Å². The summed E-state index contributed by atoms with van der Waals surface area (Å²) in [6.45, 7) is 4.44. The molecule has 1 fully saturated rings. The van der Waals surface area contributed by atoms with Gasteiger partial charge in [-0.25, -0.2) is 0 Å². The summed E-state index contributed by atoms with van der Waals surface area (Å²) >= 11 is 1.82. The molecule has 13 heavy (non-hydrogen) atoms. The first-order chi connectivity index (χ1) is 6.07. The van der Waals surface area contributed by atoms with Gasteiger partial charge in [0.15, 0.2) is 0 Å². The predicted molar refractivity (Wildman–Crippen MR) is 58.1 cm³/mol. The van der Waals surface area contributed by atoms with Crippen molar-refractivity contribution in [2.45, 2.75) is 38.6 Å². The Morgan fingerprint density at radius 3 is 2.77 bits per heavy atom. The Bertz CT molecular complexity index is 297. The second kappa shape index (κ2) is 3.10. The summed E-state index contributed by atoms with van der Waals surface area (Å²) in [5.74, 6) is 0.838. The van der Waals surface area contributed by atoms with Crippen LogP contribution in [0.1, 0.15) is 30.2 Å². The molecule has 1 nitrogen and oxygen atoms in total. The fourth-order valence-corrected chi connectivity index (χ4v) is 3.18. The monoisotopic (exact) mass is 195 g/mol. The predicted octanol–water partition coefficient (Wildman–Crippen LogP) is 2.73. The van der Waals surface area contributed by atoms with Crippen LogP contribution < -0.4 is 5.73 Å². The summed E-state index contributed by atoms with van der Waals surface area (Å²) in [5.41, 5.74) is 7.78. The Hall–Kier alpha value is -0.340. The van der Waals surface area contributed by atoms with Crippen molar-refractivity contribution in [1.29, 1.82) is 0 Å². The Balaban J connectivity index is 1.99. The summed E-state index contributed by atoms with van der Waals surface area (Å²) in [6, 6.07) is 2.27. The lowest BCUT2D eigenvalue weighted by Gasteiger charge is -2.43. The molecule has 1 aromatic rings. The molecule has 0 amide bonds. The van der Waals surface area contributed by atoms with Crippen LogP contribution in [0.3, 0.4) is 0 Å². The van der Waals surface area contributed by atoms with E-state index in [4.69, 9.17) is 5.73 Å².